The SMILES string of the molecule is N#CCS(=O)(=O)NC1CS(=O)(=O)CC1Cl. The number of hydrogen-bond acceptors (Lipinski definition) is 5. The number of halogens is 1. The molecule has 1 heterocycles. The van der Waals surface area contributed by atoms with Crippen LogP contribution in [0.1, 0.15) is 0 Å². The van der Waals surface area contributed by atoms with Gasteiger partial charge in [0.2, 0.25) is 10.0 Å². The highest BCUT2D eigenvalue weighted by atomic mass is 35.5. The molecule has 0 aromatic heterocycles. The Morgan fingerprint density at radius 3 is 2.47 bits per heavy atom. The van der Waals surface area contributed by atoms with Crippen LogP contribution in [0.3, 0.4) is 0 Å². The van der Waals surface area contributed by atoms with E-state index in [1.165, 1.54) is 6.07 Å². The Balaban J connectivity index is 2.74. The van der Waals surface area contributed by atoms with E-state index in [9.17, 15) is 16.8 Å². The molecule has 0 aromatic carbocycles. The van der Waals surface area contributed by atoms with Crippen molar-refractivity contribution < 1.29 is 16.8 Å². The van der Waals surface area contributed by atoms with E-state index < -0.39 is 37.0 Å². The van der Waals surface area contributed by atoms with Crippen molar-refractivity contribution in [2.24, 2.45) is 0 Å². The van der Waals surface area contributed by atoms with E-state index >= 15 is 0 Å². The van der Waals surface area contributed by atoms with Crippen molar-refractivity contribution in [3.63, 3.8) is 0 Å². The quantitative estimate of drug-likeness (QED) is 0.652. The molecule has 1 N–H and O–H groups in total. The number of alkyl halides is 1. The van der Waals surface area contributed by atoms with Gasteiger partial charge < -0.3 is 0 Å². The molecule has 0 radical (unpaired) electrons. The molecule has 15 heavy (non-hydrogen) atoms. The minimum absolute atomic E-state index is 0.242. The third kappa shape index (κ3) is 3.61. The lowest BCUT2D eigenvalue weighted by atomic mass is 10.3. The van der Waals surface area contributed by atoms with Crippen molar-refractivity contribution >= 4 is 31.5 Å². The molecule has 2 unspecified atom stereocenters. The summed E-state index contributed by atoms with van der Waals surface area (Å²) in [6, 6.07) is 0.637. The zero-order valence-electron chi connectivity index (χ0n) is 7.55. The molecule has 9 heteroatoms. The molecule has 0 aromatic rings. The first kappa shape index (κ1) is 12.7. The third-order valence-electron chi connectivity index (χ3n) is 1.87. The standard InChI is InChI=1S/C6H9ClN2O4S2/c7-5-3-14(10,11)4-6(5)9-15(12,13)2-1-8/h5-6,9H,2-4H2. The van der Waals surface area contributed by atoms with E-state index in [1.54, 1.807) is 0 Å². The zero-order valence-corrected chi connectivity index (χ0v) is 9.94. The van der Waals surface area contributed by atoms with E-state index in [1.807, 2.05) is 0 Å². The van der Waals surface area contributed by atoms with E-state index in [0.29, 0.717) is 0 Å². The smallest absolute Gasteiger partial charge is 0.225 e. The Bertz CT molecular complexity index is 478. The van der Waals surface area contributed by atoms with Gasteiger partial charge in [0.1, 0.15) is 0 Å². The van der Waals surface area contributed by atoms with Gasteiger partial charge in [-0.2, -0.15) is 5.26 Å². The lowest BCUT2D eigenvalue weighted by Crippen LogP contribution is -2.41. The van der Waals surface area contributed by atoms with Gasteiger partial charge in [-0.1, -0.05) is 0 Å². The summed E-state index contributed by atoms with van der Waals surface area (Å²) in [5.41, 5.74) is 0. The van der Waals surface area contributed by atoms with Crippen LogP contribution in [-0.4, -0.2) is 45.5 Å². The summed E-state index contributed by atoms with van der Waals surface area (Å²) in [6.45, 7) is 0. The molecule has 0 aliphatic carbocycles. The number of nitrogens with zero attached hydrogens (tertiary/aromatic N) is 1. The van der Waals surface area contributed by atoms with Crippen molar-refractivity contribution in [2.75, 3.05) is 17.3 Å². The largest absolute Gasteiger partial charge is 0.229 e. The van der Waals surface area contributed by atoms with Gasteiger partial charge in [0.05, 0.1) is 29.0 Å². The molecule has 1 fully saturated rings. The maximum absolute atomic E-state index is 11.2. The van der Waals surface area contributed by atoms with E-state index in [0.717, 1.165) is 0 Å². The summed E-state index contributed by atoms with van der Waals surface area (Å²) in [5, 5.41) is 7.45. The van der Waals surface area contributed by atoms with Crippen molar-refractivity contribution in [1.82, 2.24) is 4.72 Å². The molecule has 0 bridgehead atoms. The van der Waals surface area contributed by atoms with Gasteiger partial charge in [-0.25, -0.2) is 21.6 Å². The molecule has 0 spiro atoms. The number of nitriles is 1. The van der Waals surface area contributed by atoms with Crippen LogP contribution >= 0.6 is 11.6 Å². The van der Waals surface area contributed by atoms with Gasteiger partial charge >= 0.3 is 0 Å². The van der Waals surface area contributed by atoms with Crippen molar-refractivity contribution in [1.29, 1.82) is 5.26 Å². The molecule has 1 rings (SSSR count). The van der Waals surface area contributed by atoms with Crippen molar-refractivity contribution in [3.05, 3.63) is 0 Å². The number of nitrogens with one attached hydrogen (secondary N) is 1. The second kappa shape index (κ2) is 4.25. The fourth-order valence-corrected chi connectivity index (χ4v) is 4.96. The van der Waals surface area contributed by atoms with E-state index in [-0.39, 0.29) is 11.5 Å². The Morgan fingerprint density at radius 2 is 2.07 bits per heavy atom. The summed E-state index contributed by atoms with van der Waals surface area (Å²) in [7, 11) is -7.03. The van der Waals surface area contributed by atoms with Gasteiger partial charge in [0.15, 0.2) is 15.6 Å². The molecular formula is C6H9ClN2O4S2. The number of hydrogen-bond donors (Lipinski definition) is 1. The Hall–Kier alpha value is -0.360. The van der Waals surface area contributed by atoms with Crippen LogP contribution < -0.4 is 4.72 Å². The minimum Gasteiger partial charge on any atom is -0.229 e. The molecule has 2 atom stereocenters. The van der Waals surface area contributed by atoms with E-state index in [2.05, 4.69) is 4.72 Å². The summed E-state index contributed by atoms with van der Waals surface area (Å²) in [6.07, 6.45) is 0. The lowest BCUT2D eigenvalue weighted by molar-refractivity contribution is 0.567. The normalized spacial score (nSPS) is 29.9. The third-order valence-corrected chi connectivity index (χ3v) is 5.42. The van der Waals surface area contributed by atoms with Crippen LogP contribution in [0.4, 0.5) is 0 Å². The molecule has 1 aliphatic heterocycles. The van der Waals surface area contributed by atoms with Crippen LogP contribution in [0.15, 0.2) is 0 Å². The molecule has 86 valence electrons. The zero-order chi connectivity index (χ0) is 11.7. The van der Waals surface area contributed by atoms with Gasteiger partial charge in [0, 0.05) is 0 Å². The Labute approximate surface area is 93.2 Å². The van der Waals surface area contributed by atoms with Crippen molar-refractivity contribution in [3.8, 4) is 6.07 Å². The maximum atomic E-state index is 11.2. The molecule has 0 amide bonds. The van der Waals surface area contributed by atoms with Gasteiger partial charge in [0.25, 0.3) is 0 Å². The topological polar surface area (TPSA) is 104 Å². The average Bonchev–Trinajstić information content (AvgIpc) is 2.22. The summed E-state index contributed by atoms with van der Waals surface area (Å²) in [4.78, 5) is 0. The van der Waals surface area contributed by atoms with Crippen molar-refractivity contribution in [2.45, 2.75) is 11.4 Å². The first-order valence-electron chi connectivity index (χ1n) is 3.97. The minimum atomic E-state index is -3.76. The highest BCUT2D eigenvalue weighted by molar-refractivity contribution is 7.92. The second-order valence-electron chi connectivity index (χ2n) is 3.23. The number of rotatable bonds is 3. The molecule has 6 nitrogen and oxygen atoms in total. The fraction of sp³-hybridized carbons (Fsp3) is 0.833. The van der Waals surface area contributed by atoms with Crippen LogP contribution in [-0.2, 0) is 19.9 Å². The molecule has 1 aliphatic rings. The average molecular weight is 273 g/mol. The first-order valence-corrected chi connectivity index (χ1v) is 7.88. The second-order valence-corrected chi connectivity index (χ2v) is 7.70. The first-order chi connectivity index (χ1) is 6.76. The van der Waals surface area contributed by atoms with E-state index in [4.69, 9.17) is 16.9 Å². The van der Waals surface area contributed by atoms with Gasteiger partial charge in [-0.15, -0.1) is 11.6 Å². The monoisotopic (exact) mass is 272 g/mol. The maximum Gasteiger partial charge on any atom is 0.225 e. The summed E-state index contributed by atoms with van der Waals surface area (Å²) >= 11 is 5.68. The van der Waals surface area contributed by atoms with Gasteiger partial charge in [-0.05, 0) is 0 Å². The van der Waals surface area contributed by atoms with Crippen LogP contribution in [0.25, 0.3) is 0 Å². The van der Waals surface area contributed by atoms with Crippen LogP contribution in [0.5, 0.6) is 0 Å². The van der Waals surface area contributed by atoms with Gasteiger partial charge in [-0.3, -0.25) is 0 Å². The molecule has 1 saturated heterocycles. The van der Waals surface area contributed by atoms with Crippen LogP contribution in [0, 0.1) is 11.3 Å². The number of sulfone groups is 1. The highest BCUT2D eigenvalue weighted by Crippen LogP contribution is 2.18. The summed E-state index contributed by atoms with van der Waals surface area (Å²) in [5.74, 6) is -1.26. The Morgan fingerprint density at radius 1 is 1.47 bits per heavy atom. The lowest BCUT2D eigenvalue weighted by Gasteiger charge is -2.12. The predicted molar refractivity (Wildman–Crippen MR) is 54.6 cm³/mol. The molecular weight excluding hydrogens is 264 g/mol. The van der Waals surface area contributed by atoms with Crippen LogP contribution in [0.2, 0.25) is 0 Å². The number of sulfonamides is 1. The summed E-state index contributed by atoms with van der Waals surface area (Å²) < 4.78 is 46.6. The predicted octanol–water partition coefficient (Wildman–Crippen LogP) is -1.17. The highest BCUT2D eigenvalue weighted by Gasteiger charge is 2.38. The molecule has 0 saturated carbocycles. The fourth-order valence-electron chi connectivity index (χ4n) is 1.27. The Kier molecular flexibility index (Phi) is 3.60.